The van der Waals surface area contributed by atoms with Crippen molar-refractivity contribution in [2.45, 2.75) is 19.3 Å². The van der Waals surface area contributed by atoms with E-state index >= 15 is 0 Å². The number of carboxylic acid groups (broad SMARTS) is 1. The molecule has 1 amide bonds. The SMILES string of the molecule is O=C(O)c1ccc(NC(=O)C2CCc3[nH]c4ccccc4c3C2)cc1. The number of carbonyl (C=O) groups is 2. The molecule has 4 rings (SSSR count). The molecular formula is C20H18N2O3. The molecular weight excluding hydrogens is 316 g/mol. The van der Waals surface area contributed by atoms with E-state index in [2.05, 4.69) is 22.4 Å². The summed E-state index contributed by atoms with van der Waals surface area (Å²) in [6, 6.07) is 14.4. The van der Waals surface area contributed by atoms with Crippen molar-refractivity contribution < 1.29 is 14.7 Å². The molecule has 126 valence electrons. The lowest BCUT2D eigenvalue weighted by atomic mass is 9.86. The van der Waals surface area contributed by atoms with E-state index in [0.717, 1.165) is 24.8 Å². The molecule has 0 saturated heterocycles. The molecule has 5 heteroatoms. The summed E-state index contributed by atoms with van der Waals surface area (Å²) in [6.45, 7) is 0. The molecule has 1 aromatic heterocycles. The van der Waals surface area contributed by atoms with Crippen LogP contribution in [0.1, 0.15) is 28.0 Å². The van der Waals surface area contributed by atoms with Crippen molar-refractivity contribution in [2.24, 2.45) is 5.92 Å². The minimum absolute atomic E-state index is 0.0148. The van der Waals surface area contributed by atoms with Crippen LogP contribution in [0.5, 0.6) is 0 Å². The average Bonchev–Trinajstić information content (AvgIpc) is 3.00. The Bertz CT molecular complexity index is 957. The van der Waals surface area contributed by atoms with E-state index in [-0.39, 0.29) is 17.4 Å². The average molecular weight is 334 g/mol. The van der Waals surface area contributed by atoms with Gasteiger partial charge in [0.25, 0.3) is 0 Å². The fraction of sp³-hybridized carbons (Fsp3) is 0.200. The Labute approximate surface area is 144 Å². The summed E-state index contributed by atoms with van der Waals surface area (Å²) in [5.74, 6) is -1.07. The lowest BCUT2D eigenvalue weighted by Gasteiger charge is -2.22. The van der Waals surface area contributed by atoms with Crippen molar-refractivity contribution in [3.05, 3.63) is 65.4 Å². The smallest absolute Gasteiger partial charge is 0.335 e. The Morgan fingerprint density at radius 2 is 1.84 bits per heavy atom. The molecule has 3 aromatic rings. The summed E-state index contributed by atoms with van der Waals surface area (Å²) in [7, 11) is 0. The van der Waals surface area contributed by atoms with E-state index in [9.17, 15) is 9.59 Å². The van der Waals surface area contributed by atoms with Crippen LogP contribution in [-0.4, -0.2) is 22.0 Å². The van der Waals surface area contributed by atoms with Crippen LogP contribution in [0.2, 0.25) is 0 Å². The number of H-pyrrole nitrogens is 1. The van der Waals surface area contributed by atoms with E-state index in [4.69, 9.17) is 5.11 Å². The van der Waals surface area contributed by atoms with Crippen molar-refractivity contribution in [1.82, 2.24) is 4.98 Å². The van der Waals surface area contributed by atoms with E-state index in [1.807, 2.05) is 12.1 Å². The number of benzene rings is 2. The second-order valence-electron chi connectivity index (χ2n) is 6.44. The van der Waals surface area contributed by atoms with E-state index in [1.54, 1.807) is 12.1 Å². The minimum Gasteiger partial charge on any atom is -0.478 e. The van der Waals surface area contributed by atoms with Gasteiger partial charge in [-0.15, -0.1) is 0 Å². The molecule has 1 aliphatic carbocycles. The first-order valence-electron chi connectivity index (χ1n) is 8.34. The molecule has 1 heterocycles. The number of carbonyl (C=O) groups excluding carboxylic acids is 1. The quantitative estimate of drug-likeness (QED) is 0.684. The molecule has 0 spiro atoms. The van der Waals surface area contributed by atoms with Crippen molar-refractivity contribution in [3.8, 4) is 0 Å². The standard InChI is InChI=1S/C20H18N2O3/c23-19(21-14-8-5-12(6-9-14)20(24)25)13-7-10-18-16(11-13)15-3-1-2-4-17(15)22-18/h1-6,8-9,13,22H,7,10-11H2,(H,21,23)(H,24,25). The van der Waals surface area contributed by atoms with Gasteiger partial charge in [-0.25, -0.2) is 4.79 Å². The minimum atomic E-state index is -0.975. The highest BCUT2D eigenvalue weighted by Crippen LogP contribution is 2.32. The molecule has 5 nitrogen and oxygen atoms in total. The number of para-hydroxylation sites is 1. The number of aryl methyl sites for hydroxylation is 1. The molecule has 0 fully saturated rings. The van der Waals surface area contributed by atoms with Crippen molar-refractivity contribution in [1.29, 1.82) is 0 Å². The number of aromatic nitrogens is 1. The Balaban J connectivity index is 1.51. The Hall–Kier alpha value is -3.08. The van der Waals surface area contributed by atoms with Crippen LogP contribution >= 0.6 is 0 Å². The first-order chi connectivity index (χ1) is 12.1. The van der Waals surface area contributed by atoms with E-state index in [0.29, 0.717) is 5.69 Å². The first-order valence-corrected chi connectivity index (χ1v) is 8.34. The fourth-order valence-electron chi connectivity index (χ4n) is 3.53. The van der Waals surface area contributed by atoms with Crippen LogP contribution in [0.4, 0.5) is 5.69 Å². The predicted octanol–water partition coefficient (Wildman–Crippen LogP) is 3.61. The molecule has 0 radical (unpaired) electrons. The topological polar surface area (TPSA) is 82.2 Å². The van der Waals surface area contributed by atoms with E-state index < -0.39 is 5.97 Å². The predicted molar refractivity (Wildman–Crippen MR) is 95.8 cm³/mol. The third-order valence-corrected chi connectivity index (χ3v) is 4.87. The lowest BCUT2D eigenvalue weighted by molar-refractivity contribution is -0.120. The van der Waals surface area contributed by atoms with Crippen LogP contribution in [0, 0.1) is 5.92 Å². The number of anilines is 1. The second-order valence-corrected chi connectivity index (χ2v) is 6.44. The van der Waals surface area contributed by atoms with Crippen molar-refractivity contribution in [2.75, 3.05) is 5.32 Å². The number of nitrogens with one attached hydrogen (secondary N) is 2. The molecule has 1 aliphatic rings. The summed E-state index contributed by atoms with van der Waals surface area (Å²) < 4.78 is 0. The number of rotatable bonds is 3. The Morgan fingerprint density at radius 3 is 2.60 bits per heavy atom. The van der Waals surface area contributed by atoms with Crippen LogP contribution in [0.3, 0.4) is 0 Å². The zero-order valence-corrected chi connectivity index (χ0v) is 13.6. The molecule has 0 saturated carbocycles. The number of hydrogen-bond acceptors (Lipinski definition) is 2. The van der Waals surface area contributed by atoms with Gasteiger partial charge >= 0.3 is 5.97 Å². The zero-order chi connectivity index (χ0) is 17.4. The third-order valence-electron chi connectivity index (χ3n) is 4.87. The van der Waals surface area contributed by atoms with Crippen molar-refractivity contribution >= 4 is 28.5 Å². The zero-order valence-electron chi connectivity index (χ0n) is 13.6. The van der Waals surface area contributed by atoms with Crippen LogP contribution in [0.15, 0.2) is 48.5 Å². The maximum absolute atomic E-state index is 12.6. The summed E-state index contributed by atoms with van der Waals surface area (Å²) in [5.41, 5.74) is 4.43. The lowest BCUT2D eigenvalue weighted by Crippen LogP contribution is -2.28. The van der Waals surface area contributed by atoms with Gasteiger partial charge < -0.3 is 15.4 Å². The van der Waals surface area contributed by atoms with Crippen LogP contribution in [0.25, 0.3) is 10.9 Å². The highest BCUT2D eigenvalue weighted by atomic mass is 16.4. The molecule has 1 unspecified atom stereocenters. The summed E-state index contributed by atoms with van der Waals surface area (Å²) in [5, 5.41) is 13.0. The normalized spacial score (nSPS) is 16.4. The molecule has 0 aliphatic heterocycles. The van der Waals surface area contributed by atoms with Gasteiger partial charge in [0.05, 0.1) is 5.56 Å². The summed E-state index contributed by atoms with van der Waals surface area (Å²) >= 11 is 0. The molecule has 0 bridgehead atoms. The Morgan fingerprint density at radius 1 is 1.08 bits per heavy atom. The third kappa shape index (κ3) is 2.89. The second kappa shape index (κ2) is 6.09. The maximum Gasteiger partial charge on any atom is 0.335 e. The molecule has 1 atom stereocenters. The van der Waals surface area contributed by atoms with Gasteiger partial charge in [-0.2, -0.15) is 0 Å². The number of hydrogen-bond donors (Lipinski definition) is 3. The van der Waals surface area contributed by atoms with Crippen molar-refractivity contribution in [3.63, 3.8) is 0 Å². The summed E-state index contributed by atoms with van der Waals surface area (Å²) in [6.07, 6.45) is 2.39. The maximum atomic E-state index is 12.6. The Kier molecular flexibility index (Phi) is 3.76. The van der Waals surface area contributed by atoms with Gasteiger partial charge in [0.1, 0.15) is 0 Å². The van der Waals surface area contributed by atoms with Gasteiger partial charge in [-0.1, -0.05) is 18.2 Å². The largest absolute Gasteiger partial charge is 0.478 e. The molecule has 3 N–H and O–H groups in total. The van der Waals surface area contributed by atoms with Gasteiger partial charge in [-0.05, 0) is 55.2 Å². The summed E-state index contributed by atoms with van der Waals surface area (Å²) in [4.78, 5) is 27.0. The highest BCUT2D eigenvalue weighted by molar-refractivity contribution is 5.95. The monoisotopic (exact) mass is 334 g/mol. The number of aromatic carboxylic acids is 1. The van der Waals surface area contributed by atoms with E-state index in [1.165, 1.54) is 28.8 Å². The number of carboxylic acids is 1. The van der Waals surface area contributed by atoms with Crippen LogP contribution < -0.4 is 5.32 Å². The first kappa shape index (κ1) is 15.4. The highest BCUT2D eigenvalue weighted by Gasteiger charge is 2.27. The number of fused-ring (bicyclic) bond motifs is 3. The number of amides is 1. The van der Waals surface area contributed by atoms with Gasteiger partial charge in [0.2, 0.25) is 5.91 Å². The van der Waals surface area contributed by atoms with Crippen LogP contribution in [-0.2, 0) is 17.6 Å². The molecule has 25 heavy (non-hydrogen) atoms. The van der Waals surface area contributed by atoms with Gasteiger partial charge in [0, 0.05) is 28.2 Å². The van der Waals surface area contributed by atoms with Gasteiger partial charge in [0.15, 0.2) is 0 Å². The fourth-order valence-corrected chi connectivity index (χ4v) is 3.53. The molecule has 2 aromatic carbocycles. The van der Waals surface area contributed by atoms with Gasteiger partial charge in [-0.3, -0.25) is 4.79 Å². The number of aromatic amines is 1.